The van der Waals surface area contributed by atoms with Crippen LogP contribution < -0.4 is 9.80 Å². The average molecular weight is 670 g/mol. The molecule has 0 bridgehead atoms. The first-order valence-corrected chi connectivity index (χ1v) is 17.4. The number of nitrogens with zero attached hydrogens (tertiary/aromatic N) is 3. The van der Waals surface area contributed by atoms with Crippen molar-refractivity contribution in [2.24, 2.45) is 0 Å². The number of rotatable bonds is 7. The average Bonchev–Trinajstić information content (AvgIpc) is 3.83. The van der Waals surface area contributed by atoms with Crippen molar-refractivity contribution in [3.63, 3.8) is 0 Å². The van der Waals surface area contributed by atoms with Gasteiger partial charge in [-0.15, -0.1) is 0 Å². The summed E-state index contributed by atoms with van der Waals surface area (Å²) in [5, 5.41) is 4.15. The maximum absolute atomic E-state index is 6.93. The highest BCUT2D eigenvalue weighted by atomic mass is 16.3. The second-order valence-corrected chi connectivity index (χ2v) is 12.8. The molecule has 0 unspecified atom stereocenters. The van der Waals surface area contributed by atoms with Crippen LogP contribution in [0.4, 0.5) is 34.1 Å². The van der Waals surface area contributed by atoms with Crippen LogP contribution in [0.25, 0.3) is 55.3 Å². The van der Waals surface area contributed by atoms with Crippen molar-refractivity contribution < 1.29 is 8.83 Å². The van der Waals surface area contributed by atoms with Gasteiger partial charge in [-0.05, 0) is 90.3 Å². The summed E-state index contributed by atoms with van der Waals surface area (Å²) in [5.74, 6) is 0.567. The van der Waals surface area contributed by atoms with Gasteiger partial charge in [0.05, 0.1) is 16.8 Å². The van der Waals surface area contributed by atoms with E-state index >= 15 is 0 Å². The van der Waals surface area contributed by atoms with Gasteiger partial charge in [0.2, 0.25) is 5.89 Å². The lowest BCUT2D eigenvalue weighted by Gasteiger charge is -2.28. The van der Waals surface area contributed by atoms with Gasteiger partial charge in [-0.3, -0.25) is 0 Å². The maximum atomic E-state index is 6.93. The molecule has 5 heteroatoms. The molecule has 5 nitrogen and oxygen atoms in total. The summed E-state index contributed by atoms with van der Waals surface area (Å²) < 4.78 is 13.2. The van der Waals surface area contributed by atoms with Crippen molar-refractivity contribution in [1.82, 2.24) is 4.98 Å². The quantitative estimate of drug-likeness (QED) is 0.169. The number of aromatic nitrogens is 1. The molecule has 0 N–H and O–H groups in total. The zero-order valence-electron chi connectivity index (χ0n) is 28.1. The van der Waals surface area contributed by atoms with E-state index in [-0.39, 0.29) is 0 Å². The van der Waals surface area contributed by atoms with E-state index in [0.29, 0.717) is 5.89 Å². The van der Waals surface area contributed by atoms with Gasteiger partial charge in [-0.2, -0.15) is 0 Å². The van der Waals surface area contributed by atoms with E-state index in [4.69, 9.17) is 13.8 Å². The summed E-state index contributed by atoms with van der Waals surface area (Å²) in [7, 11) is 0. The fourth-order valence-corrected chi connectivity index (χ4v) is 7.30. The molecule has 0 aliphatic carbocycles. The Balaban J connectivity index is 1.28. The fourth-order valence-electron chi connectivity index (χ4n) is 7.30. The molecule has 0 radical (unpaired) electrons. The van der Waals surface area contributed by atoms with Crippen LogP contribution in [0.2, 0.25) is 0 Å². The third kappa shape index (κ3) is 4.98. The number of anilines is 6. The van der Waals surface area contributed by atoms with Crippen LogP contribution in [0.1, 0.15) is 0 Å². The third-order valence-electron chi connectivity index (χ3n) is 9.63. The summed E-state index contributed by atoms with van der Waals surface area (Å²) in [6.07, 6.45) is 0. The smallest absolute Gasteiger partial charge is 0.227 e. The molecule has 0 aliphatic heterocycles. The van der Waals surface area contributed by atoms with Crippen LogP contribution in [0.15, 0.2) is 197 Å². The lowest BCUT2D eigenvalue weighted by Crippen LogP contribution is -2.12. The number of hydrogen-bond donors (Lipinski definition) is 0. The second kappa shape index (κ2) is 12.3. The van der Waals surface area contributed by atoms with Gasteiger partial charge < -0.3 is 18.6 Å². The minimum absolute atomic E-state index is 0.567. The van der Waals surface area contributed by atoms with Gasteiger partial charge in [0.15, 0.2) is 5.58 Å². The Bertz CT molecular complexity index is 2810. The Morgan fingerprint density at radius 2 is 0.981 bits per heavy atom. The standard InChI is InChI=1S/C47H31N3O2/c1-5-16-32(17-6-1)47-48-45-41(49(34-19-7-2-8-20-34)35-21-9-3-10-22-35)30-33-18-15-26-40(44(33)46(45)52-47)50(36-23-11-4-12-24-36)37-28-29-43-39(31-37)38-25-13-14-27-42(38)51-43/h1-31H. The molecule has 0 saturated carbocycles. The van der Waals surface area contributed by atoms with Gasteiger partial charge in [0.25, 0.3) is 0 Å². The third-order valence-corrected chi connectivity index (χ3v) is 9.63. The van der Waals surface area contributed by atoms with Crippen molar-refractivity contribution in [2.75, 3.05) is 9.80 Å². The van der Waals surface area contributed by atoms with Crippen molar-refractivity contribution in [2.45, 2.75) is 0 Å². The highest BCUT2D eigenvalue weighted by molar-refractivity contribution is 6.17. The first-order valence-electron chi connectivity index (χ1n) is 17.4. The lowest BCUT2D eigenvalue weighted by atomic mass is 10.0. The van der Waals surface area contributed by atoms with E-state index in [1.54, 1.807) is 0 Å². The van der Waals surface area contributed by atoms with E-state index in [1.807, 2.05) is 60.7 Å². The van der Waals surface area contributed by atoms with Crippen LogP contribution in [0.3, 0.4) is 0 Å². The SMILES string of the molecule is c1ccc(-c2nc3c(N(c4ccccc4)c4ccccc4)cc4cccc(N(c5ccccc5)c5ccc6oc7ccccc7c6c5)c4c3o2)cc1. The highest BCUT2D eigenvalue weighted by Gasteiger charge is 2.25. The van der Waals surface area contributed by atoms with E-state index in [0.717, 1.165) is 83.5 Å². The molecule has 10 rings (SSSR count). The summed E-state index contributed by atoms with van der Waals surface area (Å²) >= 11 is 0. The monoisotopic (exact) mass is 669 g/mol. The van der Waals surface area contributed by atoms with E-state index in [9.17, 15) is 0 Å². The number of benzene rings is 8. The molecule has 0 spiro atoms. The number of oxazole rings is 1. The van der Waals surface area contributed by atoms with Gasteiger partial charge >= 0.3 is 0 Å². The van der Waals surface area contributed by atoms with Gasteiger partial charge in [0, 0.05) is 39.1 Å². The van der Waals surface area contributed by atoms with Crippen LogP contribution in [-0.2, 0) is 0 Å². The molecule has 2 aromatic heterocycles. The van der Waals surface area contributed by atoms with Crippen molar-refractivity contribution >= 4 is 77.9 Å². The van der Waals surface area contributed by atoms with Crippen LogP contribution in [-0.4, -0.2) is 4.98 Å². The molecule has 52 heavy (non-hydrogen) atoms. The second-order valence-electron chi connectivity index (χ2n) is 12.8. The van der Waals surface area contributed by atoms with Crippen molar-refractivity contribution in [1.29, 1.82) is 0 Å². The largest absolute Gasteiger partial charge is 0.456 e. The molecule has 0 amide bonds. The zero-order valence-corrected chi connectivity index (χ0v) is 28.1. The molecular formula is C47H31N3O2. The molecule has 0 saturated heterocycles. The van der Waals surface area contributed by atoms with Crippen LogP contribution in [0.5, 0.6) is 0 Å². The van der Waals surface area contributed by atoms with Gasteiger partial charge in [0.1, 0.15) is 16.7 Å². The number of furan rings is 1. The summed E-state index contributed by atoms with van der Waals surface area (Å²) in [6, 6.07) is 64.8. The summed E-state index contributed by atoms with van der Waals surface area (Å²) in [6.45, 7) is 0. The summed E-state index contributed by atoms with van der Waals surface area (Å²) in [5.41, 5.74) is 10.1. The highest BCUT2D eigenvalue weighted by Crippen LogP contribution is 2.48. The Morgan fingerprint density at radius 3 is 1.65 bits per heavy atom. The molecule has 10 aromatic rings. The molecule has 2 heterocycles. The molecule has 0 atom stereocenters. The predicted octanol–water partition coefficient (Wildman–Crippen LogP) is 13.5. The van der Waals surface area contributed by atoms with E-state index in [2.05, 4.69) is 137 Å². The topological polar surface area (TPSA) is 45.7 Å². The number of fused-ring (bicyclic) bond motifs is 6. The van der Waals surface area contributed by atoms with Crippen LogP contribution >= 0.6 is 0 Å². The Kier molecular flexibility index (Phi) is 7.07. The lowest BCUT2D eigenvalue weighted by molar-refractivity contribution is 0.623. The van der Waals surface area contributed by atoms with Gasteiger partial charge in [-0.1, -0.05) is 103 Å². The number of para-hydroxylation sites is 4. The maximum Gasteiger partial charge on any atom is 0.227 e. The Labute approximate surface area is 300 Å². The Hall–Kier alpha value is -7.11. The minimum atomic E-state index is 0.567. The fraction of sp³-hybridized carbons (Fsp3) is 0. The minimum Gasteiger partial charge on any atom is -0.456 e. The molecular weight excluding hydrogens is 639 g/mol. The molecule has 8 aromatic carbocycles. The van der Waals surface area contributed by atoms with E-state index < -0.39 is 0 Å². The number of hydrogen-bond acceptors (Lipinski definition) is 5. The molecule has 0 fully saturated rings. The first-order chi connectivity index (χ1) is 25.8. The summed E-state index contributed by atoms with van der Waals surface area (Å²) in [4.78, 5) is 9.85. The van der Waals surface area contributed by atoms with Crippen molar-refractivity contribution in [3.05, 3.63) is 188 Å². The molecule has 0 aliphatic rings. The predicted molar refractivity (Wildman–Crippen MR) is 214 cm³/mol. The molecule has 246 valence electrons. The normalized spacial score (nSPS) is 11.5. The van der Waals surface area contributed by atoms with Gasteiger partial charge in [-0.25, -0.2) is 4.98 Å². The zero-order chi connectivity index (χ0) is 34.4. The van der Waals surface area contributed by atoms with Crippen LogP contribution in [0, 0.1) is 0 Å². The van der Waals surface area contributed by atoms with E-state index in [1.165, 1.54) is 0 Å². The first kappa shape index (κ1) is 29.8. The Morgan fingerprint density at radius 1 is 0.404 bits per heavy atom. The van der Waals surface area contributed by atoms with Crippen molar-refractivity contribution in [3.8, 4) is 11.5 Å².